The van der Waals surface area contributed by atoms with Crippen molar-refractivity contribution in [1.82, 2.24) is 14.8 Å². The minimum absolute atomic E-state index is 0.0985. The number of thioether (sulfide) groups is 1. The third-order valence-electron chi connectivity index (χ3n) is 4.17. The number of hydrogen-bond acceptors (Lipinski definition) is 8. The van der Waals surface area contributed by atoms with Gasteiger partial charge in [-0.15, -0.1) is 21.5 Å². The van der Waals surface area contributed by atoms with Crippen molar-refractivity contribution >= 4 is 58.0 Å². The Labute approximate surface area is 179 Å². The van der Waals surface area contributed by atoms with Gasteiger partial charge in [0.25, 0.3) is 0 Å². The standard InChI is InChI=1S/C17H16Cl2N4O3S2/c18-14-8-12(15(19)28-14)13(24)10-27-17-21-20-16(22-3-6-25-7-4-22)23(17)9-11-2-1-5-26-11/h1-2,5,8H,3-4,6-7,9-10H2. The number of ether oxygens (including phenoxy) is 1. The Morgan fingerprint density at radius 1 is 1.29 bits per heavy atom. The number of halogens is 2. The van der Waals surface area contributed by atoms with Gasteiger partial charge in [0, 0.05) is 18.7 Å². The average molecular weight is 459 g/mol. The predicted molar refractivity (Wildman–Crippen MR) is 110 cm³/mol. The summed E-state index contributed by atoms with van der Waals surface area (Å²) in [7, 11) is 0. The van der Waals surface area contributed by atoms with Crippen LogP contribution >= 0.6 is 46.3 Å². The highest BCUT2D eigenvalue weighted by molar-refractivity contribution is 7.99. The van der Waals surface area contributed by atoms with E-state index >= 15 is 0 Å². The molecule has 148 valence electrons. The number of furan rings is 1. The summed E-state index contributed by atoms with van der Waals surface area (Å²) in [5, 5.41) is 9.31. The highest BCUT2D eigenvalue weighted by Gasteiger charge is 2.23. The molecule has 0 unspecified atom stereocenters. The summed E-state index contributed by atoms with van der Waals surface area (Å²) in [6.45, 7) is 3.25. The molecule has 28 heavy (non-hydrogen) atoms. The van der Waals surface area contributed by atoms with E-state index in [1.165, 1.54) is 23.1 Å². The Hall–Kier alpha value is -1.52. The van der Waals surface area contributed by atoms with Gasteiger partial charge in [-0.3, -0.25) is 9.36 Å². The van der Waals surface area contributed by atoms with Crippen LogP contribution in [-0.2, 0) is 11.3 Å². The molecule has 1 fully saturated rings. The molecule has 0 atom stereocenters. The largest absolute Gasteiger partial charge is 0.467 e. The summed E-state index contributed by atoms with van der Waals surface area (Å²) in [6.07, 6.45) is 1.63. The van der Waals surface area contributed by atoms with E-state index < -0.39 is 0 Å². The third-order valence-corrected chi connectivity index (χ3v) is 6.63. The van der Waals surface area contributed by atoms with Gasteiger partial charge in [-0.25, -0.2) is 0 Å². The van der Waals surface area contributed by atoms with E-state index in [1.54, 1.807) is 12.3 Å². The van der Waals surface area contributed by atoms with Gasteiger partial charge >= 0.3 is 0 Å². The van der Waals surface area contributed by atoms with E-state index in [-0.39, 0.29) is 11.5 Å². The first-order valence-electron chi connectivity index (χ1n) is 8.51. The van der Waals surface area contributed by atoms with Crippen molar-refractivity contribution in [1.29, 1.82) is 0 Å². The van der Waals surface area contributed by atoms with Crippen LogP contribution < -0.4 is 4.90 Å². The van der Waals surface area contributed by atoms with Crippen molar-refractivity contribution in [2.24, 2.45) is 0 Å². The summed E-state index contributed by atoms with van der Waals surface area (Å²) < 4.78 is 13.8. The van der Waals surface area contributed by atoms with E-state index in [1.807, 2.05) is 16.7 Å². The van der Waals surface area contributed by atoms with Crippen molar-refractivity contribution in [2.45, 2.75) is 11.7 Å². The topological polar surface area (TPSA) is 73.4 Å². The summed E-state index contributed by atoms with van der Waals surface area (Å²) in [5.74, 6) is 1.62. The Kier molecular flexibility index (Phi) is 6.27. The molecule has 1 aliphatic heterocycles. The number of morpholine rings is 1. The number of nitrogens with zero attached hydrogens (tertiary/aromatic N) is 4. The number of ketones is 1. The Morgan fingerprint density at radius 3 is 2.79 bits per heavy atom. The molecular weight excluding hydrogens is 443 g/mol. The highest BCUT2D eigenvalue weighted by atomic mass is 35.5. The lowest BCUT2D eigenvalue weighted by atomic mass is 10.2. The highest BCUT2D eigenvalue weighted by Crippen LogP contribution is 2.33. The Balaban J connectivity index is 1.54. The molecular formula is C17H16Cl2N4O3S2. The van der Waals surface area contributed by atoms with Gasteiger partial charge in [-0.2, -0.15) is 0 Å². The lowest BCUT2D eigenvalue weighted by molar-refractivity contribution is 0.102. The first-order chi connectivity index (χ1) is 13.6. The zero-order valence-corrected chi connectivity index (χ0v) is 17.8. The fraction of sp³-hybridized carbons (Fsp3) is 0.353. The van der Waals surface area contributed by atoms with E-state index in [9.17, 15) is 4.79 Å². The molecule has 4 heterocycles. The third kappa shape index (κ3) is 4.38. The molecule has 0 amide bonds. The van der Waals surface area contributed by atoms with E-state index in [2.05, 4.69) is 15.1 Å². The first kappa shape index (κ1) is 19.8. The maximum Gasteiger partial charge on any atom is 0.228 e. The normalized spacial score (nSPS) is 14.6. The second-order valence-corrected chi connectivity index (χ2v) is 9.23. The van der Waals surface area contributed by atoms with E-state index in [0.717, 1.165) is 24.8 Å². The van der Waals surface area contributed by atoms with Gasteiger partial charge in [0.2, 0.25) is 5.95 Å². The summed E-state index contributed by atoms with van der Waals surface area (Å²) in [6, 6.07) is 5.34. The van der Waals surface area contributed by atoms with Crippen LogP contribution in [0.2, 0.25) is 8.67 Å². The van der Waals surface area contributed by atoms with Crippen LogP contribution in [0.1, 0.15) is 16.1 Å². The smallest absolute Gasteiger partial charge is 0.228 e. The van der Waals surface area contributed by atoms with Crippen molar-refractivity contribution in [3.63, 3.8) is 0 Å². The van der Waals surface area contributed by atoms with E-state index in [0.29, 0.717) is 39.2 Å². The van der Waals surface area contributed by atoms with Crippen LogP contribution in [0.4, 0.5) is 5.95 Å². The summed E-state index contributed by atoms with van der Waals surface area (Å²) >= 11 is 14.5. The van der Waals surface area contributed by atoms with Gasteiger partial charge in [0.1, 0.15) is 10.1 Å². The quantitative estimate of drug-likeness (QED) is 0.389. The van der Waals surface area contributed by atoms with Crippen LogP contribution in [0.25, 0.3) is 0 Å². The lowest BCUT2D eigenvalue weighted by Crippen LogP contribution is -2.38. The SMILES string of the molecule is O=C(CSc1nnc(N2CCOCC2)n1Cc1ccco1)c1cc(Cl)sc1Cl. The molecule has 0 saturated carbocycles. The molecule has 0 aliphatic carbocycles. The fourth-order valence-corrected chi connectivity index (χ4v) is 5.14. The summed E-state index contributed by atoms with van der Waals surface area (Å²) in [5.41, 5.74) is 0.440. The fourth-order valence-electron chi connectivity index (χ4n) is 2.82. The average Bonchev–Trinajstić information content (AvgIpc) is 3.42. The molecule has 11 heteroatoms. The predicted octanol–water partition coefficient (Wildman–Crippen LogP) is 4.10. The van der Waals surface area contributed by atoms with Crippen molar-refractivity contribution in [2.75, 3.05) is 37.0 Å². The Bertz CT molecular complexity index is 952. The summed E-state index contributed by atoms with van der Waals surface area (Å²) in [4.78, 5) is 14.7. The molecule has 3 aromatic rings. The minimum atomic E-state index is -0.0985. The number of thiophene rings is 1. The molecule has 0 spiro atoms. The number of Topliss-reactive ketones (excluding diaryl/α,β-unsaturated/α-hetero) is 1. The number of hydrogen-bond donors (Lipinski definition) is 0. The number of aromatic nitrogens is 3. The first-order valence-corrected chi connectivity index (χ1v) is 11.1. The minimum Gasteiger partial charge on any atom is -0.467 e. The molecule has 0 radical (unpaired) electrons. The zero-order chi connectivity index (χ0) is 19.5. The molecule has 4 rings (SSSR count). The van der Waals surface area contributed by atoms with Crippen molar-refractivity contribution in [3.05, 3.63) is 44.5 Å². The van der Waals surface area contributed by atoms with Gasteiger partial charge in [0.15, 0.2) is 10.9 Å². The molecule has 0 N–H and O–H groups in total. The molecule has 1 saturated heterocycles. The molecule has 0 bridgehead atoms. The molecule has 0 aromatic carbocycles. The maximum atomic E-state index is 12.5. The van der Waals surface area contributed by atoms with Gasteiger partial charge in [-0.1, -0.05) is 35.0 Å². The van der Waals surface area contributed by atoms with Gasteiger partial charge < -0.3 is 14.1 Å². The molecule has 7 nitrogen and oxygen atoms in total. The maximum absolute atomic E-state index is 12.5. The number of anilines is 1. The van der Waals surface area contributed by atoms with Gasteiger partial charge in [-0.05, 0) is 18.2 Å². The van der Waals surface area contributed by atoms with Crippen molar-refractivity contribution < 1.29 is 13.9 Å². The number of carbonyl (C=O) groups is 1. The van der Waals surface area contributed by atoms with Crippen LogP contribution in [-0.4, -0.2) is 52.6 Å². The van der Waals surface area contributed by atoms with Gasteiger partial charge in [0.05, 0.1) is 36.1 Å². The van der Waals surface area contributed by atoms with Crippen LogP contribution in [0.3, 0.4) is 0 Å². The van der Waals surface area contributed by atoms with Crippen molar-refractivity contribution in [3.8, 4) is 0 Å². The second-order valence-electron chi connectivity index (χ2n) is 6.00. The number of carbonyl (C=O) groups excluding carboxylic acids is 1. The lowest BCUT2D eigenvalue weighted by Gasteiger charge is -2.27. The Morgan fingerprint density at radius 2 is 2.11 bits per heavy atom. The molecule has 3 aromatic heterocycles. The van der Waals surface area contributed by atoms with E-state index in [4.69, 9.17) is 32.4 Å². The zero-order valence-electron chi connectivity index (χ0n) is 14.6. The number of rotatable bonds is 7. The molecule has 1 aliphatic rings. The monoisotopic (exact) mass is 458 g/mol. The van der Waals surface area contributed by atoms with Crippen LogP contribution in [0, 0.1) is 0 Å². The van der Waals surface area contributed by atoms with Crippen LogP contribution in [0.5, 0.6) is 0 Å². The van der Waals surface area contributed by atoms with Crippen LogP contribution in [0.15, 0.2) is 34.0 Å². The second kappa shape index (κ2) is 8.87.